The van der Waals surface area contributed by atoms with Crippen molar-refractivity contribution < 1.29 is 19.0 Å². The van der Waals surface area contributed by atoms with E-state index >= 15 is 0 Å². The van der Waals surface area contributed by atoms with E-state index in [2.05, 4.69) is 17.1 Å². The maximum atomic E-state index is 11.8. The molecule has 2 aromatic rings. The fourth-order valence-electron chi connectivity index (χ4n) is 1.95. The minimum absolute atomic E-state index is 0.174. The van der Waals surface area contributed by atoms with Crippen molar-refractivity contribution in [1.29, 1.82) is 0 Å². The van der Waals surface area contributed by atoms with E-state index in [1.807, 2.05) is 30.3 Å². The quantitative estimate of drug-likeness (QED) is 0.433. The topological polar surface area (TPSA) is 69.2 Å². The molecule has 0 spiro atoms. The van der Waals surface area contributed by atoms with Gasteiger partial charge in [0.05, 0.1) is 13.3 Å². The Bertz CT molecular complexity index is 744. The van der Waals surface area contributed by atoms with Crippen molar-refractivity contribution in [2.45, 2.75) is 0 Å². The number of hydrogen-bond acceptors (Lipinski definition) is 5. The SMILES string of the molecule is C=CCOc1ccccc1/C=N/NC(=O)COc1ccccc1OC. The molecule has 2 aromatic carbocycles. The number of rotatable bonds is 9. The van der Waals surface area contributed by atoms with Crippen molar-refractivity contribution in [2.24, 2.45) is 5.10 Å². The van der Waals surface area contributed by atoms with Gasteiger partial charge in [0, 0.05) is 5.56 Å². The minimum Gasteiger partial charge on any atom is -0.493 e. The summed E-state index contributed by atoms with van der Waals surface area (Å²) in [6, 6.07) is 14.5. The standard InChI is InChI=1S/C19H20N2O4/c1-3-12-24-16-9-5-4-8-15(16)13-20-21-19(22)14-25-18-11-7-6-10-17(18)23-2/h3-11,13H,1,12,14H2,2H3,(H,21,22)/b20-13+. The van der Waals surface area contributed by atoms with Crippen molar-refractivity contribution in [3.63, 3.8) is 0 Å². The van der Waals surface area contributed by atoms with Gasteiger partial charge in [-0.25, -0.2) is 5.43 Å². The predicted octanol–water partition coefficient (Wildman–Crippen LogP) is 2.79. The first-order chi connectivity index (χ1) is 12.2. The van der Waals surface area contributed by atoms with Crippen LogP contribution in [0.15, 0.2) is 66.3 Å². The number of nitrogens with zero attached hydrogens (tertiary/aromatic N) is 1. The number of amides is 1. The third kappa shape index (κ3) is 5.69. The summed E-state index contributed by atoms with van der Waals surface area (Å²) in [6.45, 7) is 3.83. The Labute approximate surface area is 146 Å². The molecular weight excluding hydrogens is 320 g/mol. The van der Waals surface area contributed by atoms with Crippen LogP contribution in [0, 0.1) is 0 Å². The zero-order valence-electron chi connectivity index (χ0n) is 14.0. The predicted molar refractivity (Wildman–Crippen MR) is 96.4 cm³/mol. The molecule has 6 heteroatoms. The molecule has 0 aromatic heterocycles. The average Bonchev–Trinajstić information content (AvgIpc) is 2.65. The summed E-state index contributed by atoms with van der Waals surface area (Å²) in [5.74, 6) is 1.33. The van der Waals surface area contributed by atoms with Gasteiger partial charge in [-0.15, -0.1) is 0 Å². The van der Waals surface area contributed by atoms with E-state index < -0.39 is 0 Å². The molecule has 130 valence electrons. The Morgan fingerprint density at radius 1 is 1.08 bits per heavy atom. The Hall–Kier alpha value is -3.28. The van der Waals surface area contributed by atoms with Crippen molar-refractivity contribution >= 4 is 12.1 Å². The molecule has 0 radical (unpaired) electrons. The van der Waals surface area contributed by atoms with Crippen LogP contribution in [0.25, 0.3) is 0 Å². The van der Waals surface area contributed by atoms with E-state index in [0.29, 0.717) is 23.9 Å². The monoisotopic (exact) mass is 340 g/mol. The average molecular weight is 340 g/mol. The van der Waals surface area contributed by atoms with Crippen LogP contribution in [0.4, 0.5) is 0 Å². The first-order valence-electron chi connectivity index (χ1n) is 7.65. The maximum absolute atomic E-state index is 11.8. The maximum Gasteiger partial charge on any atom is 0.277 e. The molecule has 0 aliphatic carbocycles. The molecule has 0 fully saturated rings. The highest BCUT2D eigenvalue weighted by molar-refractivity contribution is 5.85. The minimum atomic E-state index is -0.383. The second-order valence-corrected chi connectivity index (χ2v) is 4.87. The zero-order valence-corrected chi connectivity index (χ0v) is 14.0. The number of methoxy groups -OCH3 is 1. The second-order valence-electron chi connectivity index (χ2n) is 4.87. The lowest BCUT2D eigenvalue weighted by molar-refractivity contribution is -0.123. The van der Waals surface area contributed by atoms with Crippen LogP contribution in [-0.4, -0.2) is 32.4 Å². The first-order valence-corrected chi connectivity index (χ1v) is 7.65. The molecule has 0 saturated heterocycles. The van der Waals surface area contributed by atoms with Crippen molar-refractivity contribution in [3.8, 4) is 17.2 Å². The lowest BCUT2D eigenvalue weighted by Gasteiger charge is -2.09. The van der Waals surface area contributed by atoms with E-state index in [1.165, 1.54) is 6.21 Å². The number of nitrogens with one attached hydrogen (secondary N) is 1. The van der Waals surface area contributed by atoms with E-state index in [1.54, 1.807) is 31.4 Å². The van der Waals surface area contributed by atoms with E-state index in [-0.39, 0.29) is 12.5 Å². The molecule has 0 aliphatic rings. The van der Waals surface area contributed by atoms with Crippen molar-refractivity contribution in [2.75, 3.05) is 20.3 Å². The van der Waals surface area contributed by atoms with Crippen LogP contribution in [0.5, 0.6) is 17.2 Å². The van der Waals surface area contributed by atoms with Gasteiger partial charge in [0.1, 0.15) is 12.4 Å². The highest BCUT2D eigenvalue weighted by Crippen LogP contribution is 2.25. The molecule has 2 rings (SSSR count). The van der Waals surface area contributed by atoms with Crippen molar-refractivity contribution in [3.05, 3.63) is 66.7 Å². The van der Waals surface area contributed by atoms with Crippen molar-refractivity contribution in [1.82, 2.24) is 5.43 Å². The number of benzene rings is 2. The van der Waals surface area contributed by atoms with E-state index in [4.69, 9.17) is 14.2 Å². The largest absolute Gasteiger partial charge is 0.493 e. The van der Waals surface area contributed by atoms with Gasteiger partial charge < -0.3 is 14.2 Å². The summed E-state index contributed by atoms with van der Waals surface area (Å²) in [5, 5.41) is 3.92. The highest BCUT2D eigenvalue weighted by atomic mass is 16.5. The molecule has 0 atom stereocenters. The zero-order chi connectivity index (χ0) is 17.9. The lowest BCUT2D eigenvalue weighted by atomic mass is 10.2. The smallest absolute Gasteiger partial charge is 0.277 e. The van der Waals surface area contributed by atoms with Crippen LogP contribution in [0.3, 0.4) is 0 Å². The van der Waals surface area contributed by atoms with Crippen LogP contribution < -0.4 is 19.6 Å². The molecule has 0 heterocycles. The number of ether oxygens (including phenoxy) is 3. The normalized spacial score (nSPS) is 10.3. The number of para-hydroxylation sites is 3. The Balaban J connectivity index is 1.87. The second kappa shape index (κ2) is 9.77. The number of hydrazone groups is 1. The van der Waals surface area contributed by atoms with E-state index in [0.717, 1.165) is 5.56 Å². The molecule has 0 aliphatic heterocycles. The first kappa shape index (κ1) is 18.1. The number of hydrogen-bond donors (Lipinski definition) is 1. The Kier molecular flexibility index (Phi) is 7.06. The van der Waals surface area contributed by atoms with Crippen LogP contribution in [0.2, 0.25) is 0 Å². The van der Waals surface area contributed by atoms with Crippen LogP contribution in [0.1, 0.15) is 5.56 Å². The summed E-state index contributed by atoms with van der Waals surface area (Å²) in [4.78, 5) is 11.8. The number of carbonyl (C=O) groups is 1. The summed E-state index contributed by atoms with van der Waals surface area (Å²) >= 11 is 0. The third-order valence-electron chi connectivity index (χ3n) is 3.10. The Morgan fingerprint density at radius 3 is 2.48 bits per heavy atom. The highest BCUT2D eigenvalue weighted by Gasteiger charge is 2.06. The molecule has 6 nitrogen and oxygen atoms in total. The van der Waals surface area contributed by atoms with Gasteiger partial charge in [-0.05, 0) is 24.3 Å². The van der Waals surface area contributed by atoms with Gasteiger partial charge in [0.15, 0.2) is 18.1 Å². The molecule has 1 amide bonds. The van der Waals surface area contributed by atoms with Gasteiger partial charge >= 0.3 is 0 Å². The van der Waals surface area contributed by atoms with Gasteiger partial charge in [-0.2, -0.15) is 5.10 Å². The fraction of sp³-hybridized carbons (Fsp3) is 0.158. The summed E-state index contributed by atoms with van der Waals surface area (Å²) in [5.41, 5.74) is 3.16. The molecule has 0 unspecified atom stereocenters. The van der Waals surface area contributed by atoms with E-state index in [9.17, 15) is 4.79 Å². The van der Waals surface area contributed by atoms with Crippen LogP contribution >= 0.6 is 0 Å². The molecular formula is C19H20N2O4. The molecule has 25 heavy (non-hydrogen) atoms. The van der Waals surface area contributed by atoms with Gasteiger partial charge in [0.25, 0.3) is 5.91 Å². The fourth-order valence-corrected chi connectivity index (χ4v) is 1.95. The van der Waals surface area contributed by atoms with Crippen LogP contribution in [-0.2, 0) is 4.79 Å². The summed E-state index contributed by atoms with van der Waals surface area (Å²) in [7, 11) is 1.54. The van der Waals surface area contributed by atoms with Gasteiger partial charge in [-0.3, -0.25) is 4.79 Å². The summed E-state index contributed by atoms with van der Waals surface area (Å²) in [6.07, 6.45) is 3.17. The summed E-state index contributed by atoms with van der Waals surface area (Å²) < 4.78 is 16.1. The van der Waals surface area contributed by atoms with Gasteiger partial charge in [0.2, 0.25) is 0 Å². The lowest BCUT2D eigenvalue weighted by Crippen LogP contribution is -2.24. The molecule has 0 saturated carbocycles. The Morgan fingerprint density at radius 2 is 1.76 bits per heavy atom. The number of carbonyl (C=O) groups excluding carboxylic acids is 1. The third-order valence-corrected chi connectivity index (χ3v) is 3.10. The van der Waals surface area contributed by atoms with Gasteiger partial charge in [-0.1, -0.05) is 36.9 Å². The molecule has 0 bridgehead atoms. The molecule has 1 N–H and O–H groups in total.